The number of halogens is 2. The lowest BCUT2D eigenvalue weighted by atomic mass is 9.91. The molecule has 132 valence electrons. The van der Waals surface area contributed by atoms with Crippen LogP contribution in [0.1, 0.15) is 35.2 Å². The van der Waals surface area contributed by atoms with Crippen molar-refractivity contribution in [3.8, 4) is 0 Å². The number of carbonyl (C=O) groups is 1. The number of hydrogen-bond acceptors (Lipinski definition) is 2. The van der Waals surface area contributed by atoms with Gasteiger partial charge in [0.1, 0.15) is 0 Å². The van der Waals surface area contributed by atoms with Crippen LogP contribution in [-0.2, 0) is 6.42 Å². The number of benzene rings is 1. The van der Waals surface area contributed by atoms with Gasteiger partial charge in [0.05, 0.1) is 5.56 Å². The maximum absolute atomic E-state index is 13.3. The van der Waals surface area contributed by atoms with Gasteiger partial charge < -0.3 is 10.1 Å². The maximum Gasteiger partial charge on any atom is 0.254 e. The molecule has 1 aromatic carbocycles. The van der Waals surface area contributed by atoms with Gasteiger partial charge in [-0.15, -0.1) is 0 Å². The fraction of sp³-hybridized carbons (Fsp3) is 0.368. The third-order valence-corrected chi connectivity index (χ3v) is 4.68. The summed E-state index contributed by atoms with van der Waals surface area (Å²) in [5, 5.41) is 11.1. The van der Waals surface area contributed by atoms with E-state index in [1.165, 1.54) is 30.6 Å². The van der Waals surface area contributed by atoms with Crippen molar-refractivity contribution in [2.45, 2.75) is 25.7 Å². The number of pyridine rings is 1. The summed E-state index contributed by atoms with van der Waals surface area (Å²) >= 11 is 0. The van der Waals surface area contributed by atoms with Crippen molar-refractivity contribution in [3.63, 3.8) is 0 Å². The second-order valence-electron chi connectivity index (χ2n) is 6.49. The number of rotatable bonds is 4. The minimum absolute atomic E-state index is 0.0712. The monoisotopic (exact) mass is 346 g/mol. The molecule has 0 N–H and O–H groups in total. The van der Waals surface area contributed by atoms with Crippen molar-refractivity contribution < 1.29 is 18.3 Å². The van der Waals surface area contributed by atoms with Crippen molar-refractivity contribution in [3.05, 3.63) is 70.7 Å². The summed E-state index contributed by atoms with van der Waals surface area (Å²) in [4.78, 5) is 14.3. The smallest absolute Gasteiger partial charge is 0.254 e. The molecule has 1 fully saturated rings. The normalized spacial score (nSPS) is 17.5. The van der Waals surface area contributed by atoms with Crippen molar-refractivity contribution in [2.75, 3.05) is 13.1 Å². The zero-order valence-electron chi connectivity index (χ0n) is 13.8. The lowest BCUT2D eigenvalue weighted by Gasteiger charge is -2.33. The molecule has 0 spiro atoms. The molecule has 6 heteroatoms. The Balaban J connectivity index is 1.58. The van der Waals surface area contributed by atoms with E-state index in [4.69, 9.17) is 0 Å². The van der Waals surface area contributed by atoms with Gasteiger partial charge in [-0.25, -0.2) is 8.78 Å². The Hall–Kier alpha value is -2.50. The molecule has 2 heterocycles. The lowest BCUT2D eigenvalue weighted by Crippen LogP contribution is -2.40. The minimum atomic E-state index is -0.833. The minimum Gasteiger partial charge on any atom is -0.619 e. The Bertz CT molecular complexity index is 750. The fourth-order valence-corrected chi connectivity index (χ4v) is 3.29. The molecule has 0 saturated carbocycles. The van der Waals surface area contributed by atoms with Gasteiger partial charge in [0.2, 0.25) is 0 Å². The van der Waals surface area contributed by atoms with E-state index in [-0.39, 0.29) is 5.91 Å². The zero-order chi connectivity index (χ0) is 17.8. The number of amides is 1. The van der Waals surface area contributed by atoms with Gasteiger partial charge in [-0.3, -0.25) is 4.79 Å². The first-order valence-corrected chi connectivity index (χ1v) is 8.45. The summed E-state index contributed by atoms with van der Waals surface area (Å²) < 4.78 is 26.9. The first-order chi connectivity index (χ1) is 12.0. The van der Waals surface area contributed by atoms with Crippen LogP contribution in [0.25, 0.3) is 0 Å². The van der Waals surface area contributed by atoms with E-state index in [1.54, 1.807) is 6.07 Å². The molecule has 3 rings (SSSR count). The first kappa shape index (κ1) is 17.3. The van der Waals surface area contributed by atoms with Crippen LogP contribution in [0.3, 0.4) is 0 Å². The molecular weight excluding hydrogens is 326 g/mol. The number of likely N-dealkylation sites (tertiary alicyclic amines) is 1. The molecule has 1 saturated heterocycles. The number of piperidine rings is 1. The average molecular weight is 346 g/mol. The highest BCUT2D eigenvalue weighted by Crippen LogP contribution is 2.23. The average Bonchev–Trinajstić information content (AvgIpc) is 2.63. The molecule has 2 aromatic rings. The van der Waals surface area contributed by atoms with Crippen LogP contribution in [0.5, 0.6) is 0 Å². The van der Waals surface area contributed by atoms with Crippen LogP contribution in [0.15, 0.2) is 42.7 Å². The SMILES string of the molecule is O=C(c1cc[n+]([O-])cc1)N1CCC[C@@H](CCc2ccc(F)c(F)c2)C1. The van der Waals surface area contributed by atoms with E-state index in [2.05, 4.69) is 0 Å². The van der Waals surface area contributed by atoms with Crippen molar-refractivity contribution in [2.24, 2.45) is 5.92 Å². The van der Waals surface area contributed by atoms with Crippen molar-refractivity contribution in [1.82, 2.24) is 4.90 Å². The third kappa shape index (κ3) is 4.32. The molecule has 1 aliphatic heterocycles. The van der Waals surface area contributed by atoms with Gasteiger partial charge in [-0.2, -0.15) is 4.73 Å². The summed E-state index contributed by atoms with van der Waals surface area (Å²) in [6, 6.07) is 7.05. The molecule has 0 aliphatic carbocycles. The predicted molar refractivity (Wildman–Crippen MR) is 88.7 cm³/mol. The van der Waals surface area contributed by atoms with E-state index in [0.717, 1.165) is 30.9 Å². The van der Waals surface area contributed by atoms with Gasteiger partial charge in [0.15, 0.2) is 24.0 Å². The summed E-state index contributed by atoms with van der Waals surface area (Å²) in [5.74, 6) is -1.39. The molecule has 1 aromatic heterocycles. The van der Waals surface area contributed by atoms with Crippen LogP contribution >= 0.6 is 0 Å². The molecular formula is C19H20F2N2O2. The zero-order valence-corrected chi connectivity index (χ0v) is 13.8. The molecule has 25 heavy (non-hydrogen) atoms. The Morgan fingerprint density at radius 2 is 1.96 bits per heavy atom. The Morgan fingerprint density at radius 3 is 2.68 bits per heavy atom. The second kappa shape index (κ2) is 7.59. The molecule has 1 aliphatic rings. The first-order valence-electron chi connectivity index (χ1n) is 8.45. The van der Waals surface area contributed by atoms with Crippen LogP contribution < -0.4 is 4.73 Å². The van der Waals surface area contributed by atoms with E-state index >= 15 is 0 Å². The summed E-state index contributed by atoms with van der Waals surface area (Å²) in [6.07, 6.45) is 6.05. The highest BCUT2D eigenvalue weighted by atomic mass is 19.2. The van der Waals surface area contributed by atoms with E-state index < -0.39 is 11.6 Å². The van der Waals surface area contributed by atoms with Gasteiger partial charge in [0.25, 0.3) is 5.91 Å². The van der Waals surface area contributed by atoms with Gasteiger partial charge in [-0.1, -0.05) is 6.07 Å². The predicted octanol–water partition coefficient (Wildman–Crippen LogP) is 3.08. The quantitative estimate of drug-likeness (QED) is 0.631. The number of aryl methyl sites for hydroxylation is 1. The third-order valence-electron chi connectivity index (χ3n) is 4.68. The lowest BCUT2D eigenvalue weighted by molar-refractivity contribution is -0.605. The highest BCUT2D eigenvalue weighted by Gasteiger charge is 2.24. The van der Waals surface area contributed by atoms with Crippen LogP contribution in [0.2, 0.25) is 0 Å². The Morgan fingerprint density at radius 1 is 1.20 bits per heavy atom. The summed E-state index contributed by atoms with van der Waals surface area (Å²) in [6.45, 7) is 1.35. The molecule has 0 radical (unpaired) electrons. The number of hydrogen-bond donors (Lipinski definition) is 0. The fourth-order valence-electron chi connectivity index (χ4n) is 3.29. The number of aromatic nitrogens is 1. The topological polar surface area (TPSA) is 47.2 Å². The Labute approximate surface area is 145 Å². The van der Waals surface area contributed by atoms with Crippen molar-refractivity contribution >= 4 is 5.91 Å². The molecule has 1 amide bonds. The standard InChI is InChI=1S/C19H20F2N2O2/c20-17-6-5-14(12-18(17)21)3-4-15-2-1-9-22(13-15)19(24)16-7-10-23(25)11-8-16/h5-8,10-12,15H,1-4,9,13H2/t15-/m0/s1. The molecule has 0 bridgehead atoms. The van der Waals surface area contributed by atoms with Gasteiger partial charge in [-0.05, 0) is 49.3 Å². The van der Waals surface area contributed by atoms with E-state index in [1.807, 2.05) is 4.90 Å². The van der Waals surface area contributed by atoms with Gasteiger partial charge in [0, 0.05) is 25.2 Å². The van der Waals surface area contributed by atoms with Crippen LogP contribution in [-0.4, -0.2) is 23.9 Å². The van der Waals surface area contributed by atoms with E-state index in [9.17, 15) is 18.8 Å². The second-order valence-corrected chi connectivity index (χ2v) is 6.49. The van der Waals surface area contributed by atoms with Crippen LogP contribution in [0, 0.1) is 22.8 Å². The van der Waals surface area contributed by atoms with Crippen molar-refractivity contribution in [1.29, 1.82) is 0 Å². The summed E-state index contributed by atoms with van der Waals surface area (Å²) in [7, 11) is 0. The number of carbonyl (C=O) groups excluding carboxylic acids is 1. The number of nitrogens with zero attached hydrogens (tertiary/aromatic N) is 2. The summed E-state index contributed by atoms with van der Waals surface area (Å²) in [5.41, 5.74) is 1.28. The molecule has 4 nitrogen and oxygen atoms in total. The van der Waals surface area contributed by atoms with Gasteiger partial charge >= 0.3 is 0 Å². The van der Waals surface area contributed by atoms with Crippen LogP contribution in [0.4, 0.5) is 8.78 Å². The Kier molecular flexibility index (Phi) is 5.26. The van der Waals surface area contributed by atoms with E-state index in [0.29, 0.717) is 35.7 Å². The largest absolute Gasteiger partial charge is 0.619 e. The molecule has 1 atom stereocenters. The highest BCUT2D eigenvalue weighted by molar-refractivity contribution is 5.94. The maximum atomic E-state index is 13.3. The molecule has 0 unspecified atom stereocenters.